The van der Waals surface area contributed by atoms with E-state index in [0.29, 0.717) is 0 Å². The summed E-state index contributed by atoms with van der Waals surface area (Å²) in [6.07, 6.45) is 2.61. The zero-order chi connectivity index (χ0) is 14.1. The zero-order valence-corrected chi connectivity index (χ0v) is 15.7. The van der Waals surface area contributed by atoms with E-state index >= 15 is 0 Å². The molecule has 1 atom stereocenters. The molecule has 0 radical (unpaired) electrons. The number of nitrogens with zero attached hydrogens (tertiary/aromatic N) is 3. The molecule has 20 heavy (non-hydrogen) atoms. The second kappa shape index (κ2) is 11.6. The average molecular weight is 398 g/mol. The first-order valence-electron chi connectivity index (χ1n) is 7.30. The Morgan fingerprint density at radius 1 is 1.45 bits per heavy atom. The molecule has 1 heterocycles. The van der Waals surface area contributed by atoms with Crippen molar-refractivity contribution in [1.82, 2.24) is 15.1 Å². The molecule has 1 N–H and O–H groups in total. The summed E-state index contributed by atoms with van der Waals surface area (Å²) in [6, 6.07) is 0. The zero-order valence-electron chi connectivity index (χ0n) is 13.4. The lowest BCUT2D eigenvalue weighted by Gasteiger charge is -2.33. The van der Waals surface area contributed by atoms with Crippen LogP contribution in [0.15, 0.2) is 4.99 Å². The maximum absolute atomic E-state index is 5.07. The molecule has 0 aromatic carbocycles. The molecule has 0 aromatic rings. The van der Waals surface area contributed by atoms with Gasteiger partial charge >= 0.3 is 0 Å². The summed E-state index contributed by atoms with van der Waals surface area (Å²) in [7, 11) is 5.73. The maximum atomic E-state index is 5.07. The minimum absolute atomic E-state index is 0. The Kier molecular flexibility index (Phi) is 11.5. The Balaban J connectivity index is 0.00000361. The van der Waals surface area contributed by atoms with Crippen LogP contribution in [0.2, 0.25) is 0 Å². The van der Waals surface area contributed by atoms with E-state index in [4.69, 9.17) is 4.74 Å². The van der Waals surface area contributed by atoms with E-state index in [2.05, 4.69) is 34.1 Å². The van der Waals surface area contributed by atoms with E-state index in [0.717, 1.165) is 51.2 Å². The van der Waals surface area contributed by atoms with Crippen molar-refractivity contribution < 1.29 is 4.74 Å². The van der Waals surface area contributed by atoms with Crippen molar-refractivity contribution in [3.05, 3.63) is 0 Å². The highest BCUT2D eigenvalue weighted by Gasteiger charge is 2.18. The summed E-state index contributed by atoms with van der Waals surface area (Å²) < 4.78 is 5.07. The molecule has 5 nitrogen and oxygen atoms in total. The van der Waals surface area contributed by atoms with Crippen molar-refractivity contribution in [2.75, 3.05) is 60.5 Å². The lowest BCUT2D eigenvalue weighted by molar-refractivity contribution is 0.162. The van der Waals surface area contributed by atoms with Crippen molar-refractivity contribution in [2.24, 2.45) is 10.9 Å². The van der Waals surface area contributed by atoms with Gasteiger partial charge < -0.3 is 19.9 Å². The van der Waals surface area contributed by atoms with Crippen molar-refractivity contribution in [2.45, 2.75) is 19.8 Å². The summed E-state index contributed by atoms with van der Waals surface area (Å²) >= 11 is 0. The fraction of sp³-hybridized carbons (Fsp3) is 0.929. The molecule has 0 spiro atoms. The molecule has 1 aliphatic heterocycles. The van der Waals surface area contributed by atoms with Crippen LogP contribution in [-0.4, -0.2) is 76.3 Å². The molecular formula is C14H31IN4O. The molecular weight excluding hydrogens is 367 g/mol. The van der Waals surface area contributed by atoms with Crippen LogP contribution in [0, 0.1) is 5.92 Å². The molecule has 0 bridgehead atoms. The number of aliphatic imine (C=N–C) groups is 1. The number of hydrogen-bond donors (Lipinski definition) is 1. The van der Waals surface area contributed by atoms with Crippen molar-refractivity contribution in [3.63, 3.8) is 0 Å². The van der Waals surface area contributed by atoms with Gasteiger partial charge in [0.25, 0.3) is 0 Å². The third-order valence-corrected chi connectivity index (χ3v) is 3.62. The van der Waals surface area contributed by atoms with Gasteiger partial charge in [0.15, 0.2) is 5.96 Å². The van der Waals surface area contributed by atoms with Gasteiger partial charge in [0.2, 0.25) is 0 Å². The van der Waals surface area contributed by atoms with E-state index in [1.54, 1.807) is 7.11 Å². The molecule has 1 unspecified atom stereocenters. The van der Waals surface area contributed by atoms with Gasteiger partial charge in [-0.3, -0.25) is 4.99 Å². The molecule has 1 fully saturated rings. The van der Waals surface area contributed by atoms with Crippen LogP contribution in [0.1, 0.15) is 19.8 Å². The predicted molar refractivity (Wildman–Crippen MR) is 96.1 cm³/mol. The molecule has 1 saturated heterocycles. The van der Waals surface area contributed by atoms with Gasteiger partial charge in [-0.1, -0.05) is 6.92 Å². The molecule has 120 valence electrons. The first-order valence-corrected chi connectivity index (χ1v) is 7.30. The van der Waals surface area contributed by atoms with Crippen LogP contribution in [0.25, 0.3) is 0 Å². The second-order valence-corrected chi connectivity index (χ2v) is 5.46. The standard InChI is InChI=1S/C14H30N4O.HI/c1-13-6-5-8-18(12-13)14(15-2)16-7-9-17(3)10-11-19-4;/h13H,5-12H2,1-4H3,(H,15,16);1H. The van der Waals surface area contributed by atoms with Crippen LogP contribution in [0.4, 0.5) is 0 Å². The quantitative estimate of drug-likeness (QED) is 0.418. The molecule has 0 aliphatic carbocycles. The number of guanidine groups is 1. The largest absolute Gasteiger partial charge is 0.383 e. The number of hydrogen-bond acceptors (Lipinski definition) is 3. The number of rotatable bonds is 6. The number of ether oxygens (including phenoxy) is 1. The van der Waals surface area contributed by atoms with E-state index in [9.17, 15) is 0 Å². The van der Waals surface area contributed by atoms with Crippen LogP contribution >= 0.6 is 24.0 Å². The minimum atomic E-state index is 0. The van der Waals surface area contributed by atoms with Gasteiger partial charge in [0.05, 0.1) is 6.61 Å². The van der Waals surface area contributed by atoms with E-state index in [1.807, 2.05) is 7.05 Å². The minimum Gasteiger partial charge on any atom is -0.383 e. The topological polar surface area (TPSA) is 40.1 Å². The predicted octanol–water partition coefficient (Wildman–Crippen LogP) is 1.49. The second-order valence-electron chi connectivity index (χ2n) is 5.46. The highest BCUT2D eigenvalue weighted by Crippen LogP contribution is 2.15. The normalized spacial score (nSPS) is 19.9. The van der Waals surface area contributed by atoms with Crippen LogP contribution in [0.5, 0.6) is 0 Å². The van der Waals surface area contributed by atoms with E-state index < -0.39 is 0 Å². The Hall–Kier alpha value is -0.0800. The van der Waals surface area contributed by atoms with Gasteiger partial charge in [0.1, 0.15) is 0 Å². The lowest BCUT2D eigenvalue weighted by atomic mass is 10.0. The van der Waals surface area contributed by atoms with Gasteiger partial charge in [-0.25, -0.2) is 0 Å². The van der Waals surface area contributed by atoms with Gasteiger partial charge in [0, 0.05) is 46.9 Å². The third-order valence-electron chi connectivity index (χ3n) is 3.62. The molecule has 1 aliphatic rings. The first kappa shape index (κ1) is 19.9. The SMILES string of the molecule is CN=C(NCCN(C)CCOC)N1CCCC(C)C1.I. The number of methoxy groups -OCH3 is 1. The van der Waals surface area contributed by atoms with Crippen LogP contribution < -0.4 is 5.32 Å². The van der Waals surface area contributed by atoms with Crippen LogP contribution in [-0.2, 0) is 4.74 Å². The van der Waals surface area contributed by atoms with Gasteiger partial charge in [-0.05, 0) is 25.8 Å². The third kappa shape index (κ3) is 7.64. The van der Waals surface area contributed by atoms with Crippen molar-refractivity contribution >= 4 is 29.9 Å². The number of nitrogens with one attached hydrogen (secondary N) is 1. The summed E-state index contributed by atoms with van der Waals surface area (Å²) in [6.45, 7) is 8.26. The van der Waals surface area contributed by atoms with E-state index in [-0.39, 0.29) is 24.0 Å². The molecule has 1 rings (SSSR count). The Bertz CT molecular complexity index is 276. The summed E-state index contributed by atoms with van der Waals surface area (Å²) in [5, 5.41) is 3.46. The highest BCUT2D eigenvalue weighted by molar-refractivity contribution is 14.0. The molecule has 0 amide bonds. The number of piperidine rings is 1. The fourth-order valence-electron chi connectivity index (χ4n) is 2.43. The van der Waals surface area contributed by atoms with Crippen molar-refractivity contribution in [1.29, 1.82) is 0 Å². The highest BCUT2D eigenvalue weighted by atomic mass is 127. The summed E-state index contributed by atoms with van der Waals surface area (Å²) in [4.78, 5) is 9.04. The Morgan fingerprint density at radius 2 is 2.20 bits per heavy atom. The van der Waals surface area contributed by atoms with Gasteiger partial charge in [-0.2, -0.15) is 0 Å². The Morgan fingerprint density at radius 3 is 2.80 bits per heavy atom. The summed E-state index contributed by atoms with van der Waals surface area (Å²) in [5.74, 6) is 1.82. The number of likely N-dealkylation sites (N-methyl/N-ethyl adjacent to an activating group) is 1. The fourth-order valence-corrected chi connectivity index (χ4v) is 2.43. The van der Waals surface area contributed by atoms with E-state index in [1.165, 1.54) is 12.8 Å². The first-order chi connectivity index (χ1) is 9.17. The molecule has 0 saturated carbocycles. The van der Waals surface area contributed by atoms with Gasteiger partial charge in [-0.15, -0.1) is 24.0 Å². The smallest absolute Gasteiger partial charge is 0.193 e. The maximum Gasteiger partial charge on any atom is 0.193 e. The average Bonchev–Trinajstić information content (AvgIpc) is 2.41. The summed E-state index contributed by atoms with van der Waals surface area (Å²) in [5.41, 5.74) is 0. The Labute approximate surface area is 141 Å². The van der Waals surface area contributed by atoms with Crippen LogP contribution in [0.3, 0.4) is 0 Å². The number of halogens is 1. The van der Waals surface area contributed by atoms with Crippen molar-refractivity contribution in [3.8, 4) is 0 Å². The monoisotopic (exact) mass is 398 g/mol. The molecule has 6 heteroatoms. The molecule has 0 aromatic heterocycles. The number of likely N-dealkylation sites (tertiary alicyclic amines) is 1. The lowest BCUT2D eigenvalue weighted by Crippen LogP contribution is -2.47.